The zero-order valence-electron chi connectivity index (χ0n) is 11.9. The van der Waals surface area contributed by atoms with Crippen molar-refractivity contribution in [3.05, 3.63) is 28.4 Å². The molecule has 0 atom stereocenters. The second-order valence-corrected chi connectivity index (χ2v) is 4.68. The molecule has 0 aliphatic rings. The molecule has 0 fully saturated rings. The van der Waals surface area contributed by atoms with E-state index in [2.05, 4.69) is 10.2 Å². The van der Waals surface area contributed by atoms with Crippen molar-refractivity contribution in [3.63, 3.8) is 0 Å². The number of aromatic nitrogens is 2. The summed E-state index contributed by atoms with van der Waals surface area (Å²) in [6, 6.07) is 3.16. The minimum absolute atomic E-state index is 0.0120. The molecule has 0 aliphatic heterocycles. The lowest BCUT2D eigenvalue weighted by Gasteiger charge is -2.16. The maximum absolute atomic E-state index is 10.9. The number of hydrogen-bond acceptors (Lipinski definition) is 4. The molecule has 2 N–H and O–H groups in total. The number of H-pyrrole nitrogens is 1. The van der Waals surface area contributed by atoms with Crippen molar-refractivity contribution in [2.24, 2.45) is 0 Å². The molecule has 0 radical (unpaired) electrons. The van der Waals surface area contributed by atoms with E-state index in [9.17, 15) is 4.79 Å². The topological polar surface area (TPSA) is 84.4 Å². The molecule has 0 saturated carbocycles. The largest absolute Gasteiger partial charge is 0.492 e. The first-order valence-electron chi connectivity index (χ1n) is 6.25. The van der Waals surface area contributed by atoms with Crippen molar-refractivity contribution in [1.29, 1.82) is 0 Å². The number of carbonyl (C=O) groups is 1. The molecule has 0 amide bonds. The van der Waals surface area contributed by atoms with Crippen LogP contribution in [0.5, 0.6) is 11.5 Å². The fourth-order valence-corrected chi connectivity index (χ4v) is 2.47. The molecule has 2 aromatic rings. The van der Waals surface area contributed by atoms with Gasteiger partial charge in [-0.1, -0.05) is 18.5 Å². The first kappa shape index (κ1) is 15.2. The molecule has 1 aromatic heterocycles. The Hall–Kier alpha value is -2.21. The van der Waals surface area contributed by atoms with E-state index in [1.165, 1.54) is 20.3 Å². The van der Waals surface area contributed by atoms with Crippen LogP contribution < -0.4 is 9.47 Å². The Balaban J connectivity index is 2.67. The molecule has 1 heterocycles. The zero-order valence-corrected chi connectivity index (χ0v) is 12.6. The highest BCUT2D eigenvalue weighted by Gasteiger charge is 2.21. The van der Waals surface area contributed by atoms with Gasteiger partial charge in [0.2, 0.25) is 0 Å². The predicted octanol–water partition coefficient (Wildman–Crippen LogP) is 3.01. The third-order valence-electron chi connectivity index (χ3n) is 3.14. The maximum atomic E-state index is 10.9. The van der Waals surface area contributed by atoms with Crippen LogP contribution in [0.2, 0.25) is 5.02 Å². The van der Waals surface area contributed by atoms with Gasteiger partial charge in [0.25, 0.3) is 0 Å². The first-order valence-corrected chi connectivity index (χ1v) is 6.63. The Kier molecular flexibility index (Phi) is 4.37. The monoisotopic (exact) mass is 310 g/mol. The third kappa shape index (κ3) is 2.67. The van der Waals surface area contributed by atoms with Gasteiger partial charge in [0.1, 0.15) is 5.69 Å². The molecule has 0 bridgehead atoms. The summed E-state index contributed by atoms with van der Waals surface area (Å²) in [6.45, 7) is 1.96. The van der Waals surface area contributed by atoms with E-state index in [1.54, 1.807) is 6.07 Å². The lowest BCUT2D eigenvalue weighted by atomic mass is 10.00. The normalized spacial score (nSPS) is 10.5. The van der Waals surface area contributed by atoms with Gasteiger partial charge in [-0.3, -0.25) is 5.10 Å². The maximum Gasteiger partial charge on any atom is 0.353 e. The number of nitrogens with one attached hydrogen (secondary N) is 1. The molecule has 21 heavy (non-hydrogen) atoms. The summed E-state index contributed by atoms with van der Waals surface area (Å²) < 4.78 is 10.7. The van der Waals surface area contributed by atoms with Crippen LogP contribution in [0.4, 0.5) is 0 Å². The van der Waals surface area contributed by atoms with E-state index in [4.69, 9.17) is 26.2 Å². The van der Waals surface area contributed by atoms with E-state index >= 15 is 0 Å². The van der Waals surface area contributed by atoms with Gasteiger partial charge < -0.3 is 14.6 Å². The predicted molar refractivity (Wildman–Crippen MR) is 78.5 cm³/mol. The number of nitrogens with zero attached hydrogens (tertiary/aromatic N) is 1. The SMILES string of the molecule is CCc1c(-c2cc(C(=O)O)[nH]n2)cc(Cl)c(OC)c1OC. The second-order valence-electron chi connectivity index (χ2n) is 4.28. The van der Waals surface area contributed by atoms with Crippen molar-refractivity contribution in [1.82, 2.24) is 10.2 Å². The molecular weight excluding hydrogens is 296 g/mol. The molecule has 0 saturated heterocycles. The highest BCUT2D eigenvalue weighted by atomic mass is 35.5. The number of carboxylic acid groups (broad SMARTS) is 1. The van der Waals surface area contributed by atoms with Crippen molar-refractivity contribution in [2.75, 3.05) is 14.2 Å². The van der Waals surface area contributed by atoms with Gasteiger partial charge in [-0.25, -0.2) is 4.79 Å². The average Bonchev–Trinajstić information content (AvgIpc) is 2.95. The minimum atomic E-state index is -1.07. The summed E-state index contributed by atoms with van der Waals surface area (Å²) in [4.78, 5) is 10.9. The van der Waals surface area contributed by atoms with Gasteiger partial charge in [-0.2, -0.15) is 5.10 Å². The summed E-state index contributed by atoms with van der Waals surface area (Å²) in [7, 11) is 3.05. The summed E-state index contributed by atoms with van der Waals surface area (Å²) >= 11 is 6.20. The molecule has 112 valence electrons. The Labute approximate surface area is 126 Å². The van der Waals surface area contributed by atoms with Crippen LogP contribution in [-0.2, 0) is 6.42 Å². The van der Waals surface area contributed by atoms with Crippen LogP contribution in [0.25, 0.3) is 11.3 Å². The Morgan fingerprint density at radius 1 is 1.33 bits per heavy atom. The first-order chi connectivity index (χ1) is 10.0. The van der Waals surface area contributed by atoms with E-state index < -0.39 is 5.97 Å². The lowest BCUT2D eigenvalue weighted by Crippen LogP contribution is -1.99. The smallest absolute Gasteiger partial charge is 0.353 e. The summed E-state index contributed by atoms with van der Waals surface area (Å²) in [6.07, 6.45) is 0.654. The molecule has 6 nitrogen and oxygen atoms in total. The highest BCUT2D eigenvalue weighted by Crippen LogP contribution is 2.43. The average molecular weight is 311 g/mol. The number of methoxy groups -OCH3 is 2. The molecule has 0 spiro atoms. The molecule has 0 aliphatic carbocycles. The zero-order chi connectivity index (χ0) is 15.6. The Morgan fingerprint density at radius 3 is 2.48 bits per heavy atom. The van der Waals surface area contributed by atoms with Crippen LogP contribution in [0.3, 0.4) is 0 Å². The molecular formula is C14H15ClN2O4. The van der Waals surface area contributed by atoms with Crippen LogP contribution in [0, 0.1) is 0 Å². The van der Waals surface area contributed by atoms with Gasteiger partial charge >= 0.3 is 5.97 Å². The number of carboxylic acids is 1. The van der Waals surface area contributed by atoms with E-state index in [0.717, 1.165) is 5.56 Å². The number of halogens is 1. The number of rotatable bonds is 5. The second kappa shape index (κ2) is 6.05. The fourth-order valence-electron chi connectivity index (χ4n) is 2.20. The van der Waals surface area contributed by atoms with Crippen LogP contribution >= 0.6 is 11.6 Å². The lowest BCUT2D eigenvalue weighted by molar-refractivity contribution is 0.0690. The molecule has 0 unspecified atom stereocenters. The van der Waals surface area contributed by atoms with Crippen molar-refractivity contribution in [2.45, 2.75) is 13.3 Å². The summed E-state index contributed by atoms with van der Waals surface area (Å²) in [5.41, 5.74) is 2.07. The summed E-state index contributed by atoms with van der Waals surface area (Å²) in [5.74, 6) is -0.0884. The Morgan fingerprint density at radius 2 is 2.00 bits per heavy atom. The van der Waals surface area contributed by atoms with Gasteiger partial charge in [0, 0.05) is 11.1 Å². The van der Waals surface area contributed by atoms with Crippen LogP contribution in [0.15, 0.2) is 12.1 Å². The van der Waals surface area contributed by atoms with Gasteiger partial charge in [0.15, 0.2) is 11.5 Å². The third-order valence-corrected chi connectivity index (χ3v) is 3.42. The van der Waals surface area contributed by atoms with Gasteiger partial charge in [-0.05, 0) is 18.6 Å². The number of hydrogen-bond donors (Lipinski definition) is 2. The highest BCUT2D eigenvalue weighted by molar-refractivity contribution is 6.32. The molecule has 1 aromatic carbocycles. The van der Waals surface area contributed by atoms with Crippen LogP contribution in [-0.4, -0.2) is 35.5 Å². The number of ether oxygens (including phenoxy) is 2. The molecule has 2 rings (SSSR count). The van der Waals surface area contributed by atoms with E-state index in [1.807, 2.05) is 6.92 Å². The van der Waals surface area contributed by atoms with Crippen molar-refractivity contribution in [3.8, 4) is 22.8 Å². The quantitative estimate of drug-likeness (QED) is 0.886. The van der Waals surface area contributed by atoms with E-state index in [-0.39, 0.29) is 5.69 Å². The number of aromatic carboxylic acids is 1. The van der Waals surface area contributed by atoms with E-state index in [0.29, 0.717) is 34.2 Å². The number of benzene rings is 1. The van der Waals surface area contributed by atoms with Crippen LogP contribution in [0.1, 0.15) is 23.0 Å². The Bertz CT molecular complexity index is 682. The molecule has 7 heteroatoms. The number of aromatic amines is 1. The standard InChI is InChI=1S/C14H15ClN2O4/c1-4-7-8(10-6-11(14(18)19)17-16-10)5-9(15)13(21-3)12(7)20-2/h5-6H,4H2,1-3H3,(H,16,17)(H,18,19). The summed E-state index contributed by atoms with van der Waals surface area (Å²) in [5, 5.41) is 15.8. The fraction of sp³-hybridized carbons (Fsp3) is 0.286. The van der Waals surface area contributed by atoms with Crippen molar-refractivity contribution < 1.29 is 19.4 Å². The minimum Gasteiger partial charge on any atom is -0.492 e. The van der Waals surface area contributed by atoms with Gasteiger partial charge in [-0.15, -0.1) is 0 Å². The van der Waals surface area contributed by atoms with Gasteiger partial charge in [0.05, 0.1) is 24.9 Å². The van der Waals surface area contributed by atoms with Crippen molar-refractivity contribution >= 4 is 17.6 Å².